The van der Waals surface area contributed by atoms with Crippen LogP contribution in [0.15, 0.2) is 47.4 Å². The predicted molar refractivity (Wildman–Crippen MR) is 130 cm³/mol. The van der Waals surface area contributed by atoms with Gasteiger partial charge in [0.25, 0.3) is 15.9 Å². The number of aromatic nitrogens is 1. The van der Waals surface area contributed by atoms with E-state index in [0.29, 0.717) is 46.1 Å². The summed E-state index contributed by atoms with van der Waals surface area (Å²) in [4.78, 5) is 19.2. The van der Waals surface area contributed by atoms with Crippen LogP contribution in [0.5, 0.6) is 5.75 Å². The van der Waals surface area contributed by atoms with Gasteiger partial charge in [0.15, 0.2) is 0 Å². The summed E-state index contributed by atoms with van der Waals surface area (Å²) in [6, 6.07) is 11.5. The smallest absolute Gasteiger partial charge is 0.265 e. The Labute approximate surface area is 198 Å². The quantitative estimate of drug-likeness (QED) is 0.531. The number of ether oxygens (including phenoxy) is 2. The van der Waals surface area contributed by atoms with Crippen LogP contribution in [0.2, 0.25) is 0 Å². The number of sulfonamides is 1. The average molecular weight is 483 g/mol. The molecule has 2 N–H and O–H groups in total. The molecule has 2 aromatic carbocycles. The fourth-order valence-corrected chi connectivity index (χ4v) is 5.71. The zero-order valence-electron chi connectivity index (χ0n) is 19.0. The van der Waals surface area contributed by atoms with Crippen molar-refractivity contribution in [2.75, 3.05) is 48.9 Å². The lowest BCUT2D eigenvalue weighted by Crippen LogP contribution is -2.23. The Hall–Kier alpha value is -3.37. The first-order valence-corrected chi connectivity index (χ1v) is 12.6. The normalized spacial score (nSPS) is 16.2. The Bertz CT molecular complexity index is 1370. The second-order valence-corrected chi connectivity index (χ2v) is 10.1. The van der Waals surface area contributed by atoms with Gasteiger partial charge in [0.1, 0.15) is 16.5 Å². The number of carbonyl (C=O) groups excluding carboxylic acids is 1. The molecule has 0 bridgehead atoms. The van der Waals surface area contributed by atoms with E-state index in [2.05, 4.69) is 10.0 Å². The van der Waals surface area contributed by atoms with Gasteiger partial charge >= 0.3 is 0 Å². The second kappa shape index (κ2) is 8.77. The molecule has 0 atom stereocenters. The van der Waals surface area contributed by atoms with E-state index in [1.54, 1.807) is 48.3 Å². The van der Waals surface area contributed by atoms with Crippen molar-refractivity contribution in [3.05, 3.63) is 48.0 Å². The van der Waals surface area contributed by atoms with Crippen LogP contribution in [-0.2, 0) is 14.8 Å². The topological polar surface area (TPSA) is 110 Å². The number of rotatable bonds is 7. The summed E-state index contributed by atoms with van der Waals surface area (Å²) in [5.41, 5.74) is 1.90. The van der Waals surface area contributed by atoms with Gasteiger partial charge < -0.3 is 19.7 Å². The largest absolute Gasteiger partial charge is 0.495 e. The first-order chi connectivity index (χ1) is 16.4. The molecule has 9 nitrogen and oxygen atoms in total. The molecule has 1 aromatic heterocycles. The number of para-hydroxylation sites is 1. The van der Waals surface area contributed by atoms with Crippen molar-refractivity contribution in [1.82, 2.24) is 4.98 Å². The van der Waals surface area contributed by atoms with E-state index in [-0.39, 0.29) is 16.6 Å². The molecule has 0 unspecified atom stereocenters. The maximum Gasteiger partial charge on any atom is 0.265 e. The van der Waals surface area contributed by atoms with E-state index in [0.717, 1.165) is 26.1 Å². The summed E-state index contributed by atoms with van der Waals surface area (Å²) < 4.78 is 39.8. The molecule has 0 aliphatic carbocycles. The molecule has 5 rings (SSSR count). The Kier molecular flexibility index (Phi) is 5.78. The SMILES string of the molecule is COc1ccccc1S(=O)(=O)Nc1ccc2c3c(cc(NCC4CCOCC4)nc13)C(=O)N2C. The van der Waals surface area contributed by atoms with Gasteiger partial charge in [0.05, 0.1) is 29.6 Å². The van der Waals surface area contributed by atoms with Gasteiger partial charge in [-0.25, -0.2) is 13.4 Å². The highest BCUT2D eigenvalue weighted by Crippen LogP contribution is 2.41. The van der Waals surface area contributed by atoms with Gasteiger partial charge in [-0.1, -0.05) is 12.1 Å². The first kappa shape index (κ1) is 22.4. The molecule has 0 spiro atoms. The van der Waals surface area contributed by atoms with Crippen molar-refractivity contribution >= 4 is 44.0 Å². The molecule has 1 fully saturated rings. The number of amides is 1. The third-order valence-electron chi connectivity index (χ3n) is 6.35. The van der Waals surface area contributed by atoms with Crippen LogP contribution in [0.4, 0.5) is 17.2 Å². The van der Waals surface area contributed by atoms with Crippen molar-refractivity contribution < 1.29 is 22.7 Å². The number of nitrogens with one attached hydrogen (secondary N) is 2. The minimum Gasteiger partial charge on any atom is -0.495 e. The number of anilines is 3. The summed E-state index contributed by atoms with van der Waals surface area (Å²) in [6.07, 6.45) is 1.92. The van der Waals surface area contributed by atoms with Gasteiger partial charge in [0, 0.05) is 32.2 Å². The summed E-state index contributed by atoms with van der Waals surface area (Å²) in [6.45, 7) is 2.18. The predicted octanol–water partition coefficient (Wildman–Crippen LogP) is 3.47. The molecule has 3 aromatic rings. The maximum atomic E-state index is 13.2. The Morgan fingerprint density at radius 1 is 1.18 bits per heavy atom. The molecule has 2 aliphatic heterocycles. The van der Waals surface area contributed by atoms with Crippen molar-refractivity contribution in [2.24, 2.45) is 5.92 Å². The molecule has 1 saturated heterocycles. The van der Waals surface area contributed by atoms with Gasteiger partial charge in [-0.15, -0.1) is 0 Å². The van der Waals surface area contributed by atoms with Gasteiger partial charge in [-0.2, -0.15) is 0 Å². The highest BCUT2D eigenvalue weighted by atomic mass is 32.2. The van der Waals surface area contributed by atoms with Gasteiger partial charge in [-0.3, -0.25) is 9.52 Å². The fraction of sp³-hybridized carbons (Fsp3) is 0.333. The van der Waals surface area contributed by atoms with Gasteiger partial charge in [-0.05, 0) is 49.1 Å². The summed E-state index contributed by atoms with van der Waals surface area (Å²) in [5.74, 6) is 1.07. The Morgan fingerprint density at radius 2 is 1.94 bits per heavy atom. The van der Waals surface area contributed by atoms with Crippen LogP contribution in [-0.4, -0.2) is 53.2 Å². The Morgan fingerprint density at radius 3 is 2.71 bits per heavy atom. The standard InChI is InChI=1S/C24H26N4O5S/c1-28-18-8-7-17(27-34(30,31)20-6-4-3-5-19(20)32-2)23-22(18)16(24(28)29)13-21(26-23)25-14-15-9-11-33-12-10-15/h3-8,13,15,27H,9-12,14H2,1-2H3,(H,25,26). The monoisotopic (exact) mass is 482 g/mol. The Balaban J connectivity index is 1.55. The van der Waals surface area contributed by atoms with Gasteiger partial charge in [0.2, 0.25) is 0 Å². The zero-order chi connectivity index (χ0) is 23.9. The lowest BCUT2D eigenvalue weighted by molar-refractivity contribution is 0.0699. The van der Waals surface area contributed by atoms with Crippen LogP contribution in [0, 0.1) is 5.92 Å². The summed E-state index contributed by atoms with van der Waals surface area (Å²) in [7, 11) is -0.847. The minimum absolute atomic E-state index is 0.0202. The van der Waals surface area contributed by atoms with Crippen LogP contribution >= 0.6 is 0 Å². The number of hydrogen-bond donors (Lipinski definition) is 2. The maximum absolute atomic E-state index is 13.2. The van der Waals surface area contributed by atoms with E-state index in [9.17, 15) is 13.2 Å². The molecule has 0 radical (unpaired) electrons. The van der Waals surface area contributed by atoms with Crippen molar-refractivity contribution in [1.29, 1.82) is 0 Å². The molecule has 178 valence electrons. The molecule has 1 amide bonds. The molecule has 34 heavy (non-hydrogen) atoms. The molecule has 2 aliphatic rings. The van der Waals surface area contributed by atoms with E-state index < -0.39 is 10.0 Å². The molecule has 0 saturated carbocycles. The molecular weight excluding hydrogens is 456 g/mol. The second-order valence-electron chi connectivity index (χ2n) is 8.47. The number of hydrogen-bond acceptors (Lipinski definition) is 7. The molecule has 10 heteroatoms. The summed E-state index contributed by atoms with van der Waals surface area (Å²) in [5, 5.41) is 3.97. The van der Waals surface area contributed by atoms with Crippen LogP contribution in [0.3, 0.4) is 0 Å². The highest BCUT2D eigenvalue weighted by molar-refractivity contribution is 7.92. The minimum atomic E-state index is -3.97. The van der Waals surface area contributed by atoms with E-state index in [1.807, 2.05) is 0 Å². The fourth-order valence-electron chi connectivity index (χ4n) is 4.47. The van der Waals surface area contributed by atoms with Crippen molar-refractivity contribution in [3.63, 3.8) is 0 Å². The lowest BCUT2D eigenvalue weighted by Gasteiger charge is -2.22. The third-order valence-corrected chi connectivity index (χ3v) is 7.76. The molecular formula is C24H26N4O5S. The highest BCUT2D eigenvalue weighted by Gasteiger charge is 2.31. The number of benzene rings is 2. The number of nitrogens with zero attached hydrogens (tertiary/aromatic N) is 2. The van der Waals surface area contributed by atoms with E-state index >= 15 is 0 Å². The van der Waals surface area contributed by atoms with E-state index in [1.165, 1.54) is 13.2 Å². The number of carbonyl (C=O) groups is 1. The summed E-state index contributed by atoms with van der Waals surface area (Å²) >= 11 is 0. The zero-order valence-corrected chi connectivity index (χ0v) is 19.8. The van der Waals surface area contributed by atoms with Crippen molar-refractivity contribution in [3.8, 4) is 5.75 Å². The van der Waals surface area contributed by atoms with Crippen LogP contribution in [0.25, 0.3) is 10.9 Å². The van der Waals surface area contributed by atoms with Crippen LogP contribution < -0.4 is 19.7 Å². The first-order valence-electron chi connectivity index (χ1n) is 11.1. The lowest BCUT2D eigenvalue weighted by atomic mass is 10.0. The van der Waals surface area contributed by atoms with E-state index in [4.69, 9.17) is 14.5 Å². The average Bonchev–Trinajstić information content (AvgIpc) is 3.10. The third kappa shape index (κ3) is 3.92. The van der Waals surface area contributed by atoms with Crippen molar-refractivity contribution in [2.45, 2.75) is 17.7 Å². The number of pyridine rings is 1. The number of methoxy groups -OCH3 is 1. The van der Waals surface area contributed by atoms with Crippen LogP contribution in [0.1, 0.15) is 23.2 Å². The molecule has 3 heterocycles.